The van der Waals surface area contributed by atoms with Crippen molar-refractivity contribution in [2.75, 3.05) is 18.4 Å². The van der Waals surface area contributed by atoms with Gasteiger partial charge < -0.3 is 20.3 Å². The van der Waals surface area contributed by atoms with E-state index in [1.165, 1.54) is 0 Å². The van der Waals surface area contributed by atoms with Crippen LogP contribution in [0.15, 0.2) is 24.3 Å². The van der Waals surface area contributed by atoms with E-state index in [4.69, 9.17) is 4.74 Å². The third-order valence-electron chi connectivity index (χ3n) is 4.63. The Morgan fingerprint density at radius 2 is 1.86 bits per heavy atom. The molecule has 1 aliphatic heterocycles. The van der Waals surface area contributed by atoms with Gasteiger partial charge in [-0.1, -0.05) is 19.1 Å². The molecule has 1 aromatic carbocycles. The van der Waals surface area contributed by atoms with Gasteiger partial charge in [-0.15, -0.1) is 0 Å². The van der Waals surface area contributed by atoms with Crippen molar-refractivity contribution in [2.24, 2.45) is 5.92 Å². The Morgan fingerprint density at radius 1 is 1.17 bits per heavy atom. The summed E-state index contributed by atoms with van der Waals surface area (Å²) in [5, 5.41) is 5.79. The number of rotatable bonds is 6. The van der Waals surface area contributed by atoms with Gasteiger partial charge in [-0.2, -0.15) is 0 Å². The zero-order valence-corrected chi connectivity index (χ0v) is 17.9. The van der Waals surface area contributed by atoms with Crippen molar-refractivity contribution >= 4 is 23.6 Å². The largest absolute Gasteiger partial charge is 0.444 e. The lowest BCUT2D eigenvalue weighted by atomic mass is 9.97. The minimum atomic E-state index is -0.547. The summed E-state index contributed by atoms with van der Waals surface area (Å²) in [7, 11) is 0. The highest BCUT2D eigenvalue weighted by Crippen LogP contribution is 2.20. The Hall–Kier alpha value is -2.57. The second kappa shape index (κ2) is 10.3. The van der Waals surface area contributed by atoms with Gasteiger partial charge in [0.05, 0.1) is 5.92 Å². The summed E-state index contributed by atoms with van der Waals surface area (Å²) in [4.78, 5) is 38.1. The van der Waals surface area contributed by atoms with Gasteiger partial charge in [0.2, 0.25) is 11.8 Å². The van der Waals surface area contributed by atoms with Crippen LogP contribution in [0, 0.1) is 5.92 Å². The monoisotopic (exact) mass is 403 g/mol. The standard InChI is InChI=1S/C22H33N3O4/c1-5-7-19(26)24-18-11-9-16(10-12-18)14-23-20(27)17-8-6-13-25(15-17)21(28)29-22(2,3)4/h9-12,17H,5-8,13-15H2,1-4H3,(H,23,27)(H,24,26). The van der Waals surface area contributed by atoms with E-state index in [2.05, 4.69) is 10.6 Å². The van der Waals surface area contributed by atoms with E-state index in [0.717, 1.165) is 30.5 Å². The molecule has 2 N–H and O–H groups in total. The average molecular weight is 404 g/mol. The van der Waals surface area contributed by atoms with Crippen LogP contribution in [0.1, 0.15) is 58.9 Å². The molecule has 2 rings (SSSR count). The molecule has 0 aromatic heterocycles. The smallest absolute Gasteiger partial charge is 0.410 e. The van der Waals surface area contributed by atoms with E-state index in [1.54, 1.807) is 4.90 Å². The van der Waals surface area contributed by atoms with Crippen LogP contribution in [0.4, 0.5) is 10.5 Å². The summed E-state index contributed by atoms with van der Waals surface area (Å²) in [5.41, 5.74) is 1.15. The van der Waals surface area contributed by atoms with Gasteiger partial charge in [0.1, 0.15) is 5.60 Å². The van der Waals surface area contributed by atoms with Crippen molar-refractivity contribution < 1.29 is 19.1 Å². The number of amides is 3. The van der Waals surface area contributed by atoms with Crippen LogP contribution in [0.25, 0.3) is 0 Å². The summed E-state index contributed by atoms with van der Waals surface area (Å²) < 4.78 is 5.41. The van der Waals surface area contributed by atoms with E-state index in [9.17, 15) is 14.4 Å². The van der Waals surface area contributed by atoms with Gasteiger partial charge in [-0.25, -0.2) is 4.79 Å². The number of carbonyl (C=O) groups is 3. The maximum Gasteiger partial charge on any atom is 0.410 e. The Kier molecular flexibility index (Phi) is 8.05. The summed E-state index contributed by atoms with van der Waals surface area (Å²) in [5.74, 6) is -0.289. The molecule has 1 fully saturated rings. The Bertz CT molecular complexity index is 710. The second-order valence-corrected chi connectivity index (χ2v) is 8.48. The molecule has 0 aliphatic carbocycles. The highest BCUT2D eigenvalue weighted by Gasteiger charge is 2.30. The molecule has 0 radical (unpaired) electrons. The summed E-state index contributed by atoms with van der Waals surface area (Å²) in [6, 6.07) is 7.44. The molecule has 7 heteroatoms. The summed E-state index contributed by atoms with van der Waals surface area (Å²) in [6.45, 7) is 8.86. The lowest BCUT2D eigenvalue weighted by molar-refractivity contribution is -0.126. The fourth-order valence-corrected chi connectivity index (χ4v) is 3.17. The van der Waals surface area contributed by atoms with E-state index >= 15 is 0 Å². The number of carbonyl (C=O) groups excluding carboxylic acids is 3. The zero-order valence-electron chi connectivity index (χ0n) is 17.9. The van der Waals surface area contributed by atoms with Crippen LogP contribution in [0.3, 0.4) is 0 Å². The van der Waals surface area contributed by atoms with Gasteiger partial charge in [0, 0.05) is 31.7 Å². The van der Waals surface area contributed by atoms with Crippen molar-refractivity contribution in [1.82, 2.24) is 10.2 Å². The molecule has 160 valence electrons. The van der Waals surface area contributed by atoms with Crippen LogP contribution in [-0.2, 0) is 20.9 Å². The SMILES string of the molecule is CCCC(=O)Nc1ccc(CNC(=O)C2CCCN(C(=O)OC(C)(C)C)C2)cc1. The first-order valence-electron chi connectivity index (χ1n) is 10.3. The number of piperidine rings is 1. The van der Waals surface area contributed by atoms with Gasteiger partial charge in [0.15, 0.2) is 0 Å². The number of anilines is 1. The van der Waals surface area contributed by atoms with Crippen molar-refractivity contribution in [3.05, 3.63) is 29.8 Å². The lowest BCUT2D eigenvalue weighted by Gasteiger charge is -2.33. The summed E-state index contributed by atoms with van der Waals surface area (Å²) in [6.07, 6.45) is 2.48. The lowest BCUT2D eigenvalue weighted by Crippen LogP contribution is -2.46. The molecule has 0 spiro atoms. The van der Waals surface area contributed by atoms with Crippen molar-refractivity contribution in [2.45, 2.75) is 65.5 Å². The van der Waals surface area contributed by atoms with Crippen molar-refractivity contribution in [3.63, 3.8) is 0 Å². The van der Waals surface area contributed by atoms with E-state index in [0.29, 0.717) is 26.1 Å². The fraction of sp³-hybridized carbons (Fsp3) is 0.591. The molecule has 3 amide bonds. The molecule has 1 unspecified atom stereocenters. The third kappa shape index (κ3) is 7.75. The van der Waals surface area contributed by atoms with Gasteiger partial charge >= 0.3 is 6.09 Å². The zero-order chi connectivity index (χ0) is 21.4. The van der Waals surface area contributed by atoms with Crippen LogP contribution in [0.2, 0.25) is 0 Å². The maximum absolute atomic E-state index is 12.6. The predicted molar refractivity (Wildman–Crippen MR) is 112 cm³/mol. The molecule has 29 heavy (non-hydrogen) atoms. The van der Waals surface area contributed by atoms with Crippen LogP contribution in [-0.4, -0.2) is 41.5 Å². The van der Waals surface area contributed by atoms with E-state index in [1.807, 2.05) is 52.0 Å². The molecule has 1 heterocycles. The van der Waals surface area contributed by atoms with Gasteiger partial charge in [-0.3, -0.25) is 9.59 Å². The number of nitrogens with zero attached hydrogens (tertiary/aromatic N) is 1. The highest BCUT2D eigenvalue weighted by atomic mass is 16.6. The molecule has 1 aromatic rings. The first-order valence-corrected chi connectivity index (χ1v) is 10.3. The Balaban J connectivity index is 1.82. The van der Waals surface area contributed by atoms with Gasteiger partial charge in [-0.05, 0) is 57.7 Å². The molecule has 1 saturated heterocycles. The molecule has 0 bridgehead atoms. The number of benzene rings is 1. The maximum atomic E-state index is 12.6. The summed E-state index contributed by atoms with van der Waals surface area (Å²) >= 11 is 0. The first-order chi connectivity index (χ1) is 13.7. The molecule has 0 saturated carbocycles. The Morgan fingerprint density at radius 3 is 2.48 bits per heavy atom. The van der Waals surface area contributed by atoms with Crippen LogP contribution in [0.5, 0.6) is 0 Å². The first kappa shape index (κ1) is 22.7. The topological polar surface area (TPSA) is 87.7 Å². The van der Waals surface area contributed by atoms with Crippen LogP contribution < -0.4 is 10.6 Å². The number of nitrogens with one attached hydrogen (secondary N) is 2. The van der Waals surface area contributed by atoms with Crippen LogP contribution >= 0.6 is 0 Å². The highest BCUT2D eigenvalue weighted by molar-refractivity contribution is 5.90. The number of hydrogen-bond acceptors (Lipinski definition) is 4. The minimum Gasteiger partial charge on any atom is -0.444 e. The van der Waals surface area contributed by atoms with Gasteiger partial charge in [0.25, 0.3) is 0 Å². The third-order valence-corrected chi connectivity index (χ3v) is 4.63. The normalized spacial score (nSPS) is 16.8. The van der Waals surface area contributed by atoms with E-state index < -0.39 is 5.60 Å². The molecule has 1 atom stereocenters. The van der Waals surface area contributed by atoms with Crippen molar-refractivity contribution in [1.29, 1.82) is 0 Å². The number of ether oxygens (including phenoxy) is 1. The average Bonchev–Trinajstić information content (AvgIpc) is 2.66. The molecular formula is C22H33N3O4. The predicted octanol–water partition coefficient (Wildman–Crippen LogP) is 3.69. The minimum absolute atomic E-state index is 0.000364. The Labute approximate surface area is 173 Å². The quantitative estimate of drug-likeness (QED) is 0.758. The van der Waals surface area contributed by atoms with Crippen molar-refractivity contribution in [3.8, 4) is 0 Å². The molecule has 7 nitrogen and oxygen atoms in total. The molecular weight excluding hydrogens is 370 g/mol. The fourth-order valence-electron chi connectivity index (χ4n) is 3.17. The number of likely N-dealkylation sites (tertiary alicyclic amines) is 1. The number of hydrogen-bond donors (Lipinski definition) is 2. The van der Waals surface area contributed by atoms with E-state index in [-0.39, 0.29) is 23.8 Å². The molecule has 1 aliphatic rings. The second-order valence-electron chi connectivity index (χ2n) is 8.48.